The second-order valence-electron chi connectivity index (χ2n) is 8.00. The molecule has 0 N–H and O–H groups in total. The first-order valence-electron chi connectivity index (χ1n) is 10.4. The van der Waals surface area contributed by atoms with E-state index in [-0.39, 0.29) is 17.4 Å². The van der Waals surface area contributed by atoms with Gasteiger partial charge in [0, 0.05) is 6.08 Å². The predicted molar refractivity (Wildman–Crippen MR) is 130 cm³/mol. The number of nitrogens with zero attached hydrogens (tertiary/aromatic N) is 1. The topological polar surface area (TPSA) is 80.8 Å². The number of esters is 1. The van der Waals surface area contributed by atoms with Gasteiger partial charge in [-0.05, 0) is 55.4 Å². The Balaban J connectivity index is 1.37. The molecule has 3 aliphatic rings. The maximum absolute atomic E-state index is 12.8. The Morgan fingerprint density at radius 1 is 1.19 bits per heavy atom. The third kappa shape index (κ3) is 5.57. The fourth-order valence-corrected chi connectivity index (χ4v) is 7.01. The lowest BCUT2D eigenvalue weighted by molar-refractivity contribution is -0.129. The number of thioether (sulfide) groups is 1. The largest absolute Gasteiger partial charge is 0.423 e. The van der Waals surface area contributed by atoms with Gasteiger partial charge in [0.25, 0.3) is 5.91 Å². The van der Waals surface area contributed by atoms with Crippen molar-refractivity contribution in [2.24, 2.45) is 5.92 Å². The van der Waals surface area contributed by atoms with E-state index < -0.39 is 21.8 Å². The van der Waals surface area contributed by atoms with Gasteiger partial charge in [-0.3, -0.25) is 9.69 Å². The molecule has 168 valence electrons. The molecule has 2 heterocycles. The van der Waals surface area contributed by atoms with Crippen molar-refractivity contribution in [2.45, 2.75) is 31.7 Å². The number of benzene rings is 1. The van der Waals surface area contributed by atoms with Gasteiger partial charge < -0.3 is 4.74 Å². The Kier molecular flexibility index (Phi) is 6.97. The molecule has 1 aliphatic carbocycles. The third-order valence-corrected chi connectivity index (χ3v) is 8.69. The quantitative estimate of drug-likeness (QED) is 0.204. The molecule has 0 spiro atoms. The van der Waals surface area contributed by atoms with Crippen LogP contribution in [0.3, 0.4) is 0 Å². The number of carbonyl (C=O) groups excluding carboxylic acids is 2. The van der Waals surface area contributed by atoms with Crippen molar-refractivity contribution in [1.82, 2.24) is 4.90 Å². The van der Waals surface area contributed by atoms with E-state index in [9.17, 15) is 18.0 Å². The number of hydrogen-bond acceptors (Lipinski definition) is 7. The van der Waals surface area contributed by atoms with Crippen LogP contribution in [0.15, 0.2) is 53.5 Å². The SMILES string of the molecule is O=C(/C=C/[C@@H]1CC=CCC1)Oc1ccc(/C=C2/SC(=S)N([C@@H]3CCS(=O)(=O)C3)C2=O)cc1. The first-order valence-corrected chi connectivity index (χ1v) is 13.5. The van der Waals surface area contributed by atoms with Crippen LogP contribution in [0.2, 0.25) is 0 Å². The van der Waals surface area contributed by atoms with Gasteiger partial charge in [-0.15, -0.1) is 0 Å². The molecule has 0 saturated carbocycles. The maximum Gasteiger partial charge on any atom is 0.335 e. The lowest BCUT2D eigenvalue weighted by atomic mass is 9.94. The van der Waals surface area contributed by atoms with Crippen molar-refractivity contribution in [3.63, 3.8) is 0 Å². The summed E-state index contributed by atoms with van der Waals surface area (Å²) in [4.78, 5) is 26.7. The molecule has 0 radical (unpaired) electrons. The molecule has 9 heteroatoms. The summed E-state index contributed by atoms with van der Waals surface area (Å²) in [5.74, 6) is 0.154. The summed E-state index contributed by atoms with van der Waals surface area (Å²) in [6.45, 7) is 0. The van der Waals surface area contributed by atoms with Crippen molar-refractivity contribution in [3.8, 4) is 5.75 Å². The van der Waals surface area contributed by atoms with Crippen LogP contribution in [0.4, 0.5) is 0 Å². The second kappa shape index (κ2) is 9.72. The molecule has 2 aliphatic heterocycles. The molecule has 0 unspecified atom stereocenters. The van der Waals surface area contributed by atoms with Gasteiger partial charge in [0.05, 0.1) is 22.5 Å². The van der Waals surface area contributed by atoms with Gasteiger partial charge in [0.2, 0.25) is 0 Å². The van der Waals surface area contributed by atoms with Gasteiger partial charge in [0.15, 0.2) is 9.84 Å². The summed E-state index contributed by atoms with van der Waals surface area (Å²) >= 11 is 6.50. The Morgan fingerprint density at radius 2 is 1.97 bits per heavy atom. The van der Waals surface area contributed by atoms with Gasteiger partial charge in [0.1, 0.15) is 10.1 Å². The zero-order chi connectivity index (χ0) is 22.7. The van der Waals surface area contributed by atoms with E-state index in [0.717, 1.165) is 24.8 Å². The van der Waals surface area contributed by atoms with Crippen LogP contribution in [-0.2, 0) is 19.4 Å². The minimum Gasteiger partial charge on any atom is -0.423 e. The number of sulfone groups is 1. The first-order chi connectivity index (χ1) is 15.3. The lowest BCUT2D eigenvalue weighted by Gasteiger charge is -2.20. The summed E-state index contributed by atoms with van der Waals surface area (Å²) in [5, 5.41) is 0. The van der Waals surface area contributed by atoms with E-state index in [1.807, 2.05) is 6.08 Å². The summed E-state index contributed by atoms with van der Waals surface area (Å²) in [5.41, 5.74) is 0.758. The molecule has 0 aromatic heterocycles. The van der Waals surface area contributed by atoms with Crippen molar-refractivity contribution < 1.29 is 22.7 Å². The van der Waals surface area contributed by atoms with Crippen molar-refractivity contribution >= 4 is 56.1 Å². The van der Waals surface area contributed by atoms with Crippen LogP contribution in [0.1, 0.15) is 31.2 Å². The highest BCUT2D eigenvalue weighted by Gasteiger charge is 2.42. The fraction of sp³-hybridized carbons (Fsp3) is 0.348. The molecule has 4 rings (SSSR count). The highest BCUT2D eigenvalue weighted by Crippen LogP contribution is 2.36. The summed E-state index contributed by atoms with van der Waals surface area (Å²) < 4.78 is 29.3. The van der Waals surface area contributed by atoms with E-state index >= 15 is 0 Å². The number of allylic oxidation sites excluding steroid dienone is 3. The van der Waals surface area contributed by atoms with Gasteiger partial charge in [-0.1, -0.05) is 54.3 Å². The second-order valence-corrected chi connectivity index (χ2v) is 11.9. The molecule has 1 aromatic rings. The van der Waals surface area contributed by atoms with Crippen LogP contribution >= 0.6 is 24.0 Å². The van der Waals surface area contributed by atoms with Crippen LogP contribution in [0.5, 0.6) is 5.75 Å². The predicted octanol–water partition coefficient (Wildman–Crippen LogP) is 3.89. The monoisotopic (exact) mass is 489 g/mol. The highest BCUT2D eigenvalue weighted by molar-refractivity contribution is 8.26. The van der Waals surface area contributed by atoms with Crippen molar-refractivity contribution in [1.29, 1.82) is 0 Å². The smallest absolute Gasteiger partial charge is 0.335 e. The number of thiocarbonyl (C=S) groups is 1. The van der Waals surface area contributed by atoms with Crippen LogP contribution in [0, 0.1) is 5.92 Å². The molecular weight excluding hydrogens is 466 g/mol. The molecular formula is C23H23NO5S3. The Bertz CT molecular complexity index is 1120. The zero-order valence-corrected chi connectivity index (χ0v) is 19.8. The fourth-order valence-electron chi connectivity index (χ4n) is 3.91. The minimum atomic E-state index is -3.11. The molecule has 1 aromatic carbocycles. The van der Waals surface area contributed by atoms with Crippen molar-refractivity contribution in [3.05, 3.63) is 59.0 Å². The zero-order valence-electron chi connectivity index (χ0n) is 17.3. The molecule has 32 heavy (non-hydrogen) atoms. The Morgan fingerprint density at radius 3 is 2.62 bits per heavy atom. The lowest BCUT2D eigenvalue weighted by Crippen LogP contribution is -2.39. The van der Waals surface area contributed by atoms with E-state index in [0.29, 0.717) is 27.3 Å². The van der Waals surface area contributed by atoms with E-state index in [4.69, 9.17) is 17.0 Å². The molecule has 2 fully saturated rings. The van der Waals surface area contributed by atoms with E-state index in [2.05, 4.69) is 12.2 Å². The minimum absolute atomic E-state index is 0.0430. The number of hydrogen-bond donors (Lipinski definition) is 0. The normalized spacial score (nSPS) is 26.4. The van der Waals surface area contributed by atoms with Gasteiger partial charge >= 0.3 is 5.97 Å². The van der Waals surface area contributed by atoms with Crippen LogP contribution in [-0.4, -0.2) is 47.1 Å². The molecule has 1 amide bonds. The number of rotatable bonds is 5. The number of carbonyl (C=O) groups is 2. The molecule has 6 nitrogen and oxygen atoms in total. The summed E-state index contributed by atoms with van der Waals surface area (Å²) in [6.07, 6.45) is 12.8. The first kappa shape index (κ1) is 22.9. The van der Waals surface area contributed by atoms with E-state index in [1.54, 1.807) is 30.3 Å². The van der Waals surface area contributed by atoms with Gasteiger partial charge in [-0.2, -0.15) is 0 Å². The highest BCUT2D eigenvalue weighted by atomic mass is 32.2. The molecule has 0 bridgehead atoms. The number of ether oxygens (including phenoxy) is 1. The molecule has 2 saturated heterocycles. The van der Waals surface area contributed by atoms with Crippen molar-refractivity contribution in [2.75, 3.05) is 11.5 Å². The average Bonchev–Trinajstić information content (AvgIpc) is 3.26. The summed E-state index contributed by atoms with van der Waals surface area (Å²) in [7, 11) is -3.11. The Hall–Kier alpha value is -2.23. The number of amides is 1. The maximum atomic E-state index is 12.8. The van der Waals surface area contributed by atoms with E-state index in [1.165, 1.54) is 22.7 Å². The third-order valence-electron chi connectivity index (χ3n) is 5.61. The average molecular weight is 490 g/mol. The van der Waals surface area contributed by atoms with Gasteiger partial charge in [-0.25, -0.2) is 13.2 Å². The standard InChI is InChI=1S/C23H23NO5S3/c25-21(11-8-16-4-2-1-3-5-16)29-19-9-6-17(7-10-19)14-20-22(26)24(23(30)31-20)18-12-13-32(27,28)15-18/h1-2,6-11,14,16,18H,3-5,12-13,15H2/b11-8+,20-14+/t16-,18-/m1/s1. The van der Waals surface area contributed by atoms with Crippen LogP contribution < -0.4 is 4.74 Å². The Labute approximate surface area is 197 Å². The summed E-state index contributed by atoms with van der Waals surface area (Å²) in [6, 6.07) is 6.46. The van der Waals surface area contributed by atoms with Crippen LogP contribution in [0.25, 0.3) is 6.08 Å². The molecule has 2 atom stereocenters.